The summed E-state index contributed by atoms with van der Waals surface area (Å²) in [5.74, 6) is 0. The van der Waals surface area contributed by atoms with Gasteiger partial charge in [0.2, 0.25) is 6.41 Å². The minimum Gasteiger partial charge on any atom is -0.313 e. The fourth-order valence-electron chi connectivity index (χ4n) is 1.11. The number of hydrogen-bond acceptors (Lipinski definition) is 3. The Morgan fingerprint density at radius 3 is 2.64 bits per heavy atom. The van der Waals surface area contributed by atoms with Gasteiger partial charge in [-0.3, -0.25) is 4.79 Å². The van der Waals surface area contributed by atoms with Crippen LogP contribution in [0.3, 0.4) is 0 Å². The smallest absolute Gasteiger partial charge is 0.214 e. The van der Waals surface area contributed by atoms with Crippen LogP contribution in [0.1, 0.15) is 0 Å². The van der Waals surface area contributed by atoms with Crippen LogP contribution in [-0.2, 0) is 4.79 Å². The van der Waals surface area contributed by atoms with Gasteiger partial charge in [0.05, 0.1) is 6.54 Å². The zero-order valence-electron chi connectivity index (χ0n) is 8.13. The number of carbonyl (C=O) groups is 1. The summed E-state index contributed by atoms with van der Waals surface area (Å²) in [6.07, 6.45) is 0.806. The van der Waals surface area contributed by atoms with Crippen molar-refractivity contribution in [1.29, 1.82) is 0 Å². The highest BCUT2D eigenvalue weighted by Gasteiger charge is 2.02. The summed E-state index contributed by atoms with van der Waals surface area (Å²) in [4.78, 5) is 12.4. The molecule has 14 heavy (non-hydrogen) atoms. The number of amides is 1. The number of hydrogen-bond donors (Lipinski definition) is 0. The van der Waals surface area contributed by atoms with E-state index in [0.717, 1.165) is 12.1 Å². The van der Waals surface area contributed by atoms with Crippen molar-refractivity contribution in [3.63, 3.8) is 0 Å². The third-order valence-electron chi connectivity index (χ3n) is 1.80. The van der Waals surface area contributed by atoms with Gasteiger partial charge in [0.1, 0.15) is 0 Å². The van der Waals surface area contributed by atoms with Gasteiger partial charge in [0.25, 0.3) is 0 Å². The standard InChI is InChI=1S/C10H13N3O/c1-11-12-7-8-13(9-14)10-5-3-2-4-6-10/h2-6,9H,7-8H2,1H3. The molecule has 1 amide bonds. The molecule has 74 valence electrons. The van der Waals surface area contributed by atoms with Crippen LogP contribution < -0.4 is 4.90 Å². The third-order valence-corrected chi connectivity index (χ3v) is 1.80. The van der Waals surface area contributed by atoms with E-state index in [9.17, 15) is 4.79 Å². The van der Waals surface area contributed by atoms with Crippen molar-refractivity contribution < 1.29 is 4.79 Å². The lowest BCUT2D eigenvalue weighted by molar-refractivity contribution is -0.107. The number of carbonyl (C=O) groups excluding carboxylic acids is 1. The van der Waals surface area contributed by atoms with Gasteiger partial charge in [-0.15, -0.1) is 0 Å². The first-order valence-corrected chi connectivity index (χ1v) is 4.41. The first-order valence-electron chi connectivity index (χ1n) is 4.41. The summed E-state index contributed by atoms with van der Waals surface area (Å²) in [6, 6.07) is 9.48. The van der Waals surface area contributed by atoms with Crippen LogP contribution in [-0.4, -0.2) is 26.5 Å². The summed E-state index contributed by atoms with van der Waals surface area (Å²) in [6.45, 7) is 1.09. The second-order valence-corrected chi connectivity index (χ2v) is 2.70. The monoisotopic (exact) mass is 191 g/mol. The molecular formula is C10H13N3O. The molecule has 0 aliphatic rings. The van der Waals surface area contributed by atoms with Crippen LogP contribution >= 0.6 is 0 Å². The van der Waals surface area contributed by atoms with E-state index in [1.807, 2.05) is 30.3 Å². The van der Waals surface area contributed by atoms with Crippen molar-refractivity contribution in [2.24, 2.45) is 10.2 Å². The van der Waals surface area contributed by atoms with Gasteiger partial charge in [0, 0.05) is 19.3 Å². The molecule has 0 heterocycles. The number of para-hydroxylation sites is 1. The molecule has 0 unspecified atom stereocenters. The Morgan fingerprint density at radius 1 is 1.36 bits per heavy atom. The van der Waals surface area contributed by atoms with Crippen molar-refractivity contribution in [3.8, 4) is 0 Å². The Hall–Kier alpha value is -1.71. The Morgan fingerprint density at radius 2 is 2.07 bits per heavy atom. The van der Waals surface area contributed by atoms with Crippen molar-refractivity contribution in [1.82, 2.24) is 0 Å². The predicted octanol–water partition coefficient (Wildman–Crippen LogP) is 1.73. The SMILES string of the molecule is CN=NCCN(C=O)c1ccccc1. The largest absolute Gasteiger partial charge is 0.313 e. The van der Waals surface area contributed by atoms with E-state index in [4.69, 9.17) is 0 Å². The van der Waals surface area contributed by atoms with Gasteiger partial charge in [0.15, 0.2) is 0 Å². The second-order valence-electron chi connectivity index (χ2n) is 2.70. The van der Waals surface area contributed by atoms with Crippen LogP contribution in [0.15, 0.2) is 40.6 Å². The molecule has 0 bridgehead atoms. The number of azo groups is 1. The fraction of sp³-hybridized carbons (Fsp3) is 0.300. The number of anilines is 1. The van der Waals surface area contributed by atoms with Crippen molar-refractivity contribution >= 4 is 12.1 Å². The molecule has 1 aromatic rings. The average molecular weight is 191 g/mol. The topological polar surface area (TPSA) is 45.0 Å². The Kier molecular flexibility index (Phi) is 4.34. The zero-order chi connectivity index (χ0) is 10.2. The summed E-state index contributed by atoms with van der Waals surface area (Å²) in [5, 5.41) is 7.43. The molecule has 0 radical (unpaired) electrons. The van der Waals surface area contributed by atoms with Crippen LogP contribution in [0.25, 0.3) is 0 Å². The second kappa shape index (κ2) is 5.85. The van der Waals surface area contributed by atoms with Crippen LogP contribution in [0.4, 0.5) is 5.69 Å². The molecule has 0 saturated carbocycles. The quantitative estimate of drug-likeness (QED) is 0.516. The predicted molar refractivity (Wildman–Crippen MR) is 55.5 cm³/mol. The average Bonchev–Trinajstić information content (AvgIpc) is 2.26. The first kappa shape index (κ1) is 10.4. The molecule has 0 aromatic heterocycles. The maximum absolute atomic E-state index is 10.8. The molecule has 1 aromatic carbocycles. The maximum Gasteiger partial charge on any atom is 0.214 e. The number of rotatable bonds is 5. The Labute approximate surface area is 83.3 Å². The van der Waals surface area contributed by atoms with Gasteiger partial charge in [-0.05, 0) is 12.1 Å². The molecule has 0 N–H and O–H groups in total. The van der Waals surface area contributed by atoms with Crippen molar-refractivity contribution in [2.75, 3.05) is 25.0 Å². The third kappa shape index (κ3) is 2.97. The summed E-state index contributed by atoms with van der Waals surface area (Å²) >= 11 is 0. The molecule has 0 spiro atoms. The van der Waals surface area contributed by atoms with E-state index in [1.54, 1.807) is 11.9 Å². The van der Waals surface area contributed by atoms with Crippen LogP contribution in [0.5, 0.6) is 0 Å². The number of benzene rings is 1. The van der Waals surface area contributed by atoms with Gasteiger partial charge in [-0.25, -0.2) is 0 Å². The summed E-state index contributed by atoms with van der Waals surface area (Å²) in [7, 11) is 1.62. The van der Waals surface area contributed by atoms with Gasteiger partial charge in [-0.2, -0.15) is 10.2 Å². The Balaban J connectivity index is 2.58. The zero-order valence-corrected chi connectivity index (χ0v) is 8.13. The highest BCUT2D eigenvalue weighted by molar-refractivity contribution is 5.74. The normalized spacial score (nSPS) is 10.4. The van der Waals surface area contributed by atoms with Gasteiger partial charge >= 0.3 is 0 Å². The number of nitrogens with zero attached hydrogens (tertiary/aromatic N) is 3. The van der Waals surface area contributed by atoms with E-state index >= 15 is 0 Å². The fourth-order valence-corrected chi connectivity index (χ4v) is 1.11. The molecule has 1 rings (SSSR count). The molecule has 0 aliphatic carbocycles. The molecule has 4 nitrogen and oxygen atoms in total. The van der Waals surface area contributed by atoms with Crippen LogP contribution in [0, 0.1) is 0 Å². The van der Waals surface area contributed by atoms with E-state index < -0.39 is 0 Å². The molecule has 0 atom stereocenters. The molecule has 4 heteroatoms. The minimum atomic E-state index is 0.532. The molecule has 0 saturated heterocycles. The van der Waals surface area contributed by atoms with E-state index in [-0.39, 0.29) is 0 Å². The summed E-state index contributed by atoms with van der Waals surface area (Å²) < 4.78 is 0. The van der Waals surface area contributed by atoms with E-state index in [0.29, 0.717) is 13.1 Å². The maximum atomic E-state index is 10.8. The molecular weight excluding hydrogens is 178 g/mol. The van der Waals surface area contributed by atoms with Gasteiger partial charge in [-0.1, -0.05) is 18.2 Å². The minimum absolute atomic E-state index is 0.532. The lowest BCUT2D eigenvalue weighted by atomic mass is 10.3. The molecule has 0 fully saturated rings. The Bertz CT molecular complexity index is 297. The van der Waals surface area contributed by atoms with E-state index in [2.05, 4.69) is 10.2 Å². The van der Waals surface area contributed by atoms with E-state index in [1.165, 1.54) is 0 Å². The first-order chi connectivity index (χ1) is 6.88. The highest BCUT2D eigenvalue weighted by Crippen LogP contribution is 2.10. The molecule has 0 aliphatic heterocycles. The summed E-state index contributed by atoms with van der Waals surface area (Å²) in [5.41, 5.74) is 0.883. The van der Waals surface area contributed by atoms with Crippen LogP contribution in [0.2, 0.25) is 0 Å². The lowest BCUT2D eigenvalue weighted by Gasteiger charge is -2.15. The highest BCUT2D eigenvalue weighted by atomic mass is 16.1. The van der Waals surface area contributed by atoms with Crippen molar-refractivity contribution in [3.05, 3.63) is 30.3 Å². The lowest BCUT2D eigenvalue weighted by Crippen LogP contribution is -2.23. The van der Waals surface area contributed by atoms with Crippen molar-refractivity contribution in [2.45, 2.75) is 0 Å². The van der Waals surface area contributed by atoms with Gasteiger partial charge < -0.3 is 4.90 Å².